The maximum absolute atomic E-state index is 12.9. The van der Waals surface area contributed by atoms with E-state index in [4.69, 9.17) is 0 Å². The predicted molar refractivity (Wildman–Crippen MR) is 50.6 cm³/mol. The third kappa shape index (κ3) is 1.64. The van der Waals surface area contributed by atoms with E-state index in [2.05, 4.69) is 6.07 Å². The van der Waals surface area contributed by atoms with Gasteiger partial charge >= 0.3 is 0 Å². The van der Waals surface area contributed by atoms with E-state index in [0.717, 1.165) is 11.6 Å². The Hall–Kier alpha value is -1.70. The summed E-state index contributed by atoms with van der Waals surface area (Å²) >= 11 is 0. The summed E-state index contributed by atoms with van der Waals surface area (Å²) in [4.78, 5) is 0. The number of benzene rings is 2. The molecule has 0 fully saturated rings. The van der Waals surface area contributed by atoms with Gasteiger partial charge in [0.2, 0.25) is 0 Å². The highest BCUT2D eigenvalue weighted by molar-refractivity contribution is 5.62. The zero-order valence-electron chi connectivity index (χ0n) is 7.30. The lowest BCUT2D eigenvalue weighted by molar-refractivity contribution is 0.509. The smallest absolute Gasteiger partial charge is 0.159 e. The average molecular weight is 189 g/mol. The summed E-state index contributed by atoms with van der Waals surface area (Å²) in [7, 11) is 0. The molecule has 2 aromatic rings. The molecule has 0 saturated heterocycles. The van der Waals surface area contributed by atoms with Crippen molar-refractivity contribution in [2.24, 2.45) is 0 Å². The van der Waals surface area contributed by atoms with Gasteiger partial charge in [-0.1, -0.05) is 30.3 Å². The molecule has 2 aromatic carbocycles. The van der Waals surface area contributed by atoms with Crippen LogP contribution in [0.3, 0.4) is 0 Å². The summed E-state index contributed by atoms with van der Waals surface area (Å²) in [5.41, 5.74) is 1.51. The van der Waals surface area contributed by atoms with Gasteiger partial charge in [0.15, 0.2) is 11.6 Å². The molecule has 0 aliphatic carbocycles. The summed E-state index contributed by atoms with van der Waals surface area (Å²) in [6, 6.07) is 13.8. The SMILES string of the molecule is Fc1ccc(-c2cc[c]cc2)cc1F. The van der Waals surface area contributed by atoms with Crippen LogP contribution in [0.2, 0.25) is 0 Å². The fourth-order valence-electron chi connectivity index (χ4n) is 1.26. The molecule has 0 bridgehead atoms. The summed E-state index contributed by atoms with van der Waals surface area (Å²) < 4.78 is 25.5. The molecule has 1 radical (unpaired) electrons. The van der Waals surface area contributed by atoms with Gasteiger partial charge in [0.1, 0.15) is 0 Å². The molecular formula is C12H7F2. The second-order valence-corrected chi connectivity index (χ2v) is 2.92. The van der Waals surface area contributed by atoms with Crippen LogP contribution in [0.4, 0.5) is 8.78 Å². The molecular weight excluding hydrogens is 182 g/mol. The van der Waals surface area contributed by atoms with E-state index in [1.54, 1.807) is 30.3 Å². The first kappa shape index (κ1) is 8.88. The van der Waals surface area contributed by atoms with Crippen molar-refractivity contribution in [3.05, 3.63) is 60.2 Å². The lowest BCUT2D eigenvalue weighted by Gasteiger charge is -2.01. The molecule has 0 amide bonds. The van der Waals surface area contributed by atoms with Crippen LogP contribution >= 0.6 is 0 Å². The number of hydrogen-bond donors (Lipinski definition) is 0. The standard InChI is InChI=1S/C12H7F2/c13-11-7-6-10(8-12(11)14)9-4-2-1-3-5-9/h2-8H. The van der Waals surface area contributed by atoms with Crippen molar-refractivity contribution < 1.29 is 8.78 Å². The Morgan fingerprint density at radius 3 is 2.14 bits per heavy atom. The molecule has 0 aliphatic heterocycles. The summed E-state index contributed by atoms with van der Waals surface area (Å²) in [5.74, 6) is -1.65. The van der Waals surface area contributed by atoms with Gasteiger partial charge in [-0.2, -0.15) is 0 Å². The van der Waals surface area contributed by atoms with Gasteiger partial charge in [-0.3, -0.25) is 0 Å². The first-order chi connectivity index (χ1) is 6.77. The normalized spacial score (nSPS) is 10.1. The fraction of sp³-hybridized carbons (Fsp3) is 0. The van der Waals surface area contributed by atoms with E-state index in [1.165, 1.54) is 6.07 Å². The average Bonchev–Trinajstić information content (AvgIpc) is 2.23. The molecule has 0 saturated carbocycles. The van der Waals surface area contributed by atoms with Gasteiger partial charge in [0.25, 0.3) is 0 Å². The summed E-state index contributed by atoms with van der Waals surface area (Å²) in [6.07, 6.45) is 0. The van der Waals surface area contributed by atoms with Gasteiger partial charge in [-0.05, 0) is 29.3 Å². The third-order valence-corrected chi connectivity index (χ3v) is 1.97. The fourth-order valence-corrected chi connectivity index (χ4v) is 1.26. The van der Waals surface area contributed by atoms with Gasteiger partial charge in [0, 0.05) is 0 Å². The highest BCUT2D eigenvalue weighted by Crippen LogP contribution is 2.20. The predicted octanol–water partition coefficient (Wildman–Crippen LogP) is 3.43. The highest BCUT2D eigenvalue weighted by Gasteiger charge is 2.03. The van der Waals surface area contributed by atoms with Crippen LogP contribution in [0.25, 0.3) is 11.1 Å². The second-order valence-electron chi connectivity index (χ2n) is 2.92. The van der Waals surface area contributed by atoms with Crippen molar-refractivity contribution in [3.8, 4) is 11.1 Å². The maximum Gasteiger partial charge on any atom is 0.159 e. The van der Waals surface area contributed by atoms with Crippen LogP contribution in [0, 0.1) is 17.7 Å². The third-order valence-electron chi connectivity index (χ3n) is 1.97. The van der Waals surface area contributed by atoms with Gasteiger partial charge in [0.05, 0.1) is 0 Å². The van der Waals surface area contributed by atoms with E-state index < -0.39 is 11.6 Å². The topological polar surface area (TPSA) is 0 Å². The molecule has 69 valence electrons. The zero-order valence-corrected chi connectivity index (χ0v) is 7.30. The van der Waals surface area contributed by atoms with Crippen molar-refractivity contribution in [3.63, 3.8) is 0 Å². The number of rotatable bonds is 1. The van der Waals surface area contributed by atoms with Crippen molar-refractivity contribution in [1.29, 1.82) is 0 Å². The molecule has 2 rings (SSSR count). The Balaban J connectivity index is 2.48. The Labute approximate surface area is 80.8 Å². The lowest BCUT2D eigenvalue weighted by atomic mass is 10.1. The lowest BCUT2D eigenvalue weighted by Crippen LogP contribution is -1.84. The largest absolute Gasteiger partial charge is 0.204 e. The molecule has 0 unspecified atom stereocenters. The van der Waals surface area contributed by atoms with Crippen LogP contribution in [0.15, 0.2) is 42.5 Å². The van der Waals surface area contributed by atoms with E-state index in [-0.39, 0.29) is 0 Å². The Kier molecular flexibility index (Phi) is 2.27. The van der Waals surface area contributed by atoms with Crippen molar-refractivity contribution in [1.82, 2.24) is 0 Å². The summed E-state index contributed by atoms with van der Waals surface area (Å²) in [6.45, 7) is 0. The number of halogens is 2. The van der Waals surface area contributed by atoms with Crippen molar-refractivity contribution in [2.75, 3.05) is 0 Å². The van der Waals surface area contributed by atoms with E-state index >= 15 is 0 Å². The van der Waals surface area contributed by atoms with Gasteiger partial charge < -0.3 is 0 Å². The first-order valence-electron chi connectivity index (χ1n) is 4.19. The molecule has 0 aliphatic rings. The minimum atomic E-state index is -0.824. The van der Waals surface area contributed by atoms with Crippen LogP contribution in [-0.4, -0.2) is 0 Å². The Morgan fingerprint density at radius 1 is 0.786 bits per heavy atom. The zero-order chi connectivity index (χ0) is 9.97. The minimum Gasteiger partial charge on any atom is -0.204 e. The Bertz CT molecular complexity index is 435. The van der Waals surface area contributed by atoms with E-state index in [1.807, 2.05) is 0 Å². The first-order valence-corrected chi connectivity index (χ1v) is 4.19. The molecule has 0 heterocycles. The van der Waals surface area contributed by atoms with E-state index in [9.17, 15) is 8.78 Å². The quantitative estimate of drug-likeness (QED) is 0.644. The monoisotopic (exact) mass is 189 g/mol. The molecule has 0 spiro atoms. The summed E-state index contributed by atoms with van der Waals surface area (Å²) in [5, 5.41) is 0. The molecule has 0 atom stereocenters. The minimum absolute atomic E-state index is 0.665. The van der Waals surface area contributed by atoms with E-state index in [0.29, 0.717) is 5.56 Å². The molecule has 0 aromatic heterocycles. The highest BCUT2D eigenvalue weighted by atomic mass is 19.2. The number of hydrogen-bond acceptors (Lipinski definition) is 0. The van der Waals surface area contributed by atoms with Crippen LogP contribution in [-0.2, 0) is 0 Å². The molecule has 14 heavy (non-hydrogen) atoms. The molecule has 0 N–H and O–H groups in total. The van der Waals surface area contributed by atoms with Gasteiger partial charge in [-0.15, -0.1) is 0 Å². The molecule has 0 nitrogen and oxygen atoms in total. The molecule has 2 heteroatoms. The van der Waals surface area contributed by atoms with Gasteiger partial charge in [-0.25, -0.2) is 8.78 Å². The van der Waals surface area contributed by atoms with Crippen LogP contribution in [0.1, 0.15) is 0 Å². The second kappa shape index (κ2) is 3.58. The van der Waals surface area contributed by atoms with Crippen LogP contribution < -0.4 is 0 Å². The van der Waals surface area contributed by atoms with Crippen molar-refractivity contribution in [2.45, 2.75) is 0 Å². The Morgan fingerprint density at radius 2 is 1.50 bits per heavy atom. The maximum atomic E-state index is 12.9. The van der Waals surface area contributed by atoms with Crippen LogP contribution in [0.5, 0.6) is 0 Å². The van der Waals surface area contributed by atoms with Crippen molar-refractivity contribution >= 4 is 0 Å².